The van der Waals surface area contributed by atoms with Gasteiger partial charge in [0, 0.05) is 58.3 Å². The van der Waals surface area contributed by atoms with Gasteiger partial charge >= 0.3 is 6.03 Å². The van der Waals surface area contributed by atoms with E-state index in [9.17, 15) is 9.59 Å². The Hall–Kier alpha value is -2.32. The minimum Gasteiger partial charge on any atom is -0.377 e. The zero-order valence-corrected chi connectivity index (χ0v) is 18.2. The average Bonchev–Trinajstić information content (AvgIpc) is 3.14. The molecule has 0 bridgehead atoms. The van der Waals surface area contributed by atoms with Crippen LogP contribution in [0.15, 0.2) is 18.2 Å². The Morgan fingerprint density at radius 2 is 2.07 bits per heavy atom. The maximum absolute atomic E-state index is 12.8. The number of rotatable bonds is 9. The highest BCUT2D eigenvalue weighted by atomic mass is 16.5. The van der Waals surface area contributed by atoms with E-state index in [1.54, 1.807) is 4.90 Å². The molecule has 1 aliphatic rings. The van der Waals surface area contributed by atoms with Crippen molar-refractivity contribution in [2.75, 3.05) is 51.2 Å². The van der Waals surface area contributed by atoms with Crippen LogP contribution in [0.1, 0.15) is 32.3 Å². The number of ether oxygens (including phenoxy) is 2. The van der Waals surface area contributed by atoms with Gasteiger partial charge in [-0.1, -0.05) is 0 Å². The smallest absolute Gasteiger partial charge is 0.317 e. The lowest BCUT2D eigenvalue weighted by Gasteiger charge is -2.29. The number of urea groups is 1. The predicted molar refractivity (Wildman–Crippen MR) is 114 cm³/mol. The fourth-order valence-electron chi connectivity index (χ4n) is 3.35. The van der Waals surface area contributed by atoms with Gasteiger partial charge in [0.1, 0.15) is 6.61 Å². The van der Waals surface area contributed by atoms with Gasteiger partial charge in [0.05, 0.1) is 6.10 Å². The Balaban J connectivity index is 2.25. The third-order valence-electron chi connectivity index (χ3n) is 4.63. The molecule has 1 atom stereocenters. The summed E-state index contributed by atoms with van der Waals surface area (Å²) in [4.78, 5) is 28.5. The molecule has 0 aliphatic carbocycles. The summed E-state index contributed by atoms with van der Waals surface area (Å²) >= 11 is 0. The van der Waals surface area contributed by atoms with Crippen molar-refractivity contribution in [2.45, 2.75) is 45.4 Å². The number of amides is 3. The van der Waals surface area contributed by atoms with E-state index < -0.39 is 0 Å². The summed E-state index contributed by atoms with van der Waals surface area (Å²) in [6.45, 7) is 5.57. The summed E-state index contributed by atoms with van der Waals surface area (Å²) in [6, 6.07) is 5.64. The lowest BCUT2D eigenvalue weighted by Crippen LogP contribution is -2.45. The fourth-order valence-corrected chi connectivity index (χ4v) is 3.35. The number of carbonyl (C=O) groups excluding carboxylic acids is 2. The zero-order chi connectivity index (χ0) is 21.4. The zero-order valence-electron chi connectivity index (χ0n) is 18.2. The maximum atomic E-state index is 12.8. The van der Waals surface area contributed by atoms with E-state index in [-0.39, 0.29) is 30.7 Å². The molecule has 162 valence electrons. The second kappa shape index (κ2) is 11.0. The molecule has 8 heteroatoms. The number of nitrogens with one attached hydrogen (secondary N) is 2. The largest absolute Gasteiger partial charge is 0.377 e. The van der Waals surface area contributed by atoms with Gasteiger partial charge in [-0.15, -0.1) is 0 Å². The third-order valence-corrected chi connectivity index (χ3v) is 4.63. The number of methoxy groups -OCH3 is 1. The lowest BCUT2D eigenvalue weighted by molar-refractivity contribution is -0.119. The Labute approximate surface area is 173 Å². The molecule has 2 N–H and O–H groups in total. The number of hydrogen-bond acceptors (Lipinski definition) is 5. The second-order valence-corrected chi connectivity index (χ2v) is 7.84. The molecule has 1 aromatic carbocycles. The topological polar surface area (TPSA) is 83.1 Å². The molecule has 1 fully saturated rings. The van der Waals surface area contributed by atoms with Gasteiger partial charge in [0.15, 0.2) is 0 Å². The average molecular weight is 407 g/mol. The van der Waals surface area contributed by atoms with Crippen molar-refractivity contribution in [3.8, 4) is 0 Å². The quantitative estimate of drug-likeness (QED) is 0.658. The molecular formula is C21H34N4O4. The van der Waals surface area contributed by atoms with Crippen LogP contribution in [0.4, 0.5) is 16.2 Å². The highest BCUT2D eigenvalue weighted by Crippen LogP contribution is 2.25. The second-order valence-electron chi connectivity index (χ2n) is 7.84. The van der Waals surface area contributed by atoms with Crippen LogP contribution in [0, 0.1) is 0 Å². The Morgan fingerprint density at radius 1 is 1.31 bits per heavy atom. The highest BCUT2D eigenvalue weighted by Gasteiger charge is 2.24. The van der Waals surface area contributed by atoms with Crippen LogP contribution in [0.5, 0.6) is 0 Å². The maximum Gasteiger partial charge on any atom is 0.317 e. The SMILES string of the molecule is COCC(=O)Nc1ccc(N(C)C)c(CN(C[C@H]2CCCO2)C(=O)NC(C)C)c1. The van der Waals surface area contributed by atoms with E-state index in [0.29, 0.717) is 18.8 Å². The Bertz CT molecular complexity index is 687. The van der Waals surface area contributed by atoms with Crippen molar-refractivity contribution >= 4 is 23.3 Å². The molecule has 0 saturated carbocycles. The molecular weight excluding hydrogens is 372 g/mol. The summed E-state index contributed by atoms with van der Waals surface area (Å²) < 4.78 is 10.6. The first-order chi connectivity index (χ1) is 13.8. The van der Waals surface area contributed by atoms with Crippen LogP contribution in [-0.4, -0.2) is 69.9 Å². The van der Waals surface area contributed by atoms with Gasteiger partial charge in [-0.2, -0.15) is 0 Å². The molecule has 1 aromatic rings. The fraction of sp³-hybridized carbons (Fsp3) is 0.619. The molecule has 1 heterocycles. The number of benzene rings is 1. The normalized spacial score (nSPS) is 16.0. The molecule has 1 saturated heterocycles. The van der Waals surface area contributed by atoms with Crippen LogP contribution in [0.25, 0.3) is 0 Å². The predicted octanol–water partition coefficient (Wildman–Crippen LogP) is 2.44. The molecule has 0 spiro atoms. The van der Waals surface area contributed by atoms with E-state index in [1.807, 2.05) is 51.0 Å². The molecule has 8 nitrogen and oxygen atoms in total. The van der Waals surface area contributed by atoms with Gasteiger partial charge in [-0.3, -0.25) is 4.79 Å². The third kappa shape index (κ3) is 7.21. The van der Waals surface area contributed by atoms with Crippen LogP contribution in [0.2, 0.25) is 0 Å². The monoisotopic (exact) mass is 406 g/mol. The van der Waals surface area contributed by atoms with Gasteiger partial charge in [-0.25, -0.2) is 4.79 Å². The first kappa shape index (κ1) is 23.0. The first-order valence-corrected chi connectivity index (χ1v) is 10.1. The van der Waals surface area contributed by atoms with Crippen molar-refractivity contribution in [1.29, 1.82) is 0 Å². The van der Waals surface area contributed by atoms with E-state index in [2.05, 4.69) is 10.6 Å². The summed E-state index contributed by atoms with van der Waals surface area (Å²) in [5.74, 6) is -0.218. The minimum absolute atomic E-state index is 0.00724. The van der Waals surface area contributed by atoms with Crippen LogP contribution >= 0.6 is 0 Å². The van der Waals surface area contributed by atoms with Gasteiger partial charge in [0.25, 0.3) is 0 Å². The summed E-state index contributed by atoms with van der Waals surface area (Å²) in [7, 11) is 5.40. The highest BCUT2D eigenvalue weighted by molar-refractivity contribution is 5.92. The molecule has 0 unspecified atom stereocenters. The van der Waals surface area contributed by atoms with Crippen molar-refractivity contribution in [3.63, 3.8) is 0 Å². The first-order valence-electron chi connectivity index (χ1n) is 10.1. The molecule has 0 radical (unpaired) electrons. The summed E-state index contributed by atoms with van der Waals surface area (Å²) in [6.07, 6.45) is 2.04. The number of carbonyl (C=O) groups is 2. The standard InChI is InChI=1S/C21H34N4O4/c1-15(2)22-21(27)25(13-18-7-6-10-29-18)12-16-11-17(23-20(26)14-28-5)8-9-19(16)24(3)4/h8-9,11,15,18H,6-7,10,12-14H2,1-5H3,(H,22,27)(H,23,26)/t18-/m1/s1. The minimum atomic E-state index is -0.218. The molecule has 2 rings (SSSR count). The van der Waals surface area contributed by atoms with E-state index in [1.165, 1.54) is 7.11 Å². The molecule has 1 aliphatic heterocycles. The van der Waals surface area contributed by atoms with Gasteiger partial charge in [-0.05, 0) is 50.5 Å². The number of hydrogen-bond donors (Lipinski definition) is 2. The summed E-state index contributed by atoms with van der Waals surface area (Å²) in [5, 5.41) is 5.81. The van der Waals surface area contributed by atoms with E-state index in [0.717, 1.165) is 30.7 Å². The molecule has 3 amide bonds. The van der Waals surface area contributed by atoms with Crippen LogP contribution < -0.4 is 15.5 Å². The van der Waals surface area contributed by atoms with Crippen LogP contribution in [-0.2, 0) is 20.8 Å². The van der Waals surface area contributed by atoms with Gasteiger partial charge in [0.2, 0.25) is 5.91 Å². The lowest BCUT2D eigenvalue weighted by atomic mass is 10.1. The summed E-state index contributed by atoms with van der Waals surface area (Å²) in [5.41, 5.74) is 2.61. The van der Waals surface area contributed by atoms with E-state index >= 15 is 0 Å². The Kier molecular flexibility index (Phi) is 8.72. The van der Waals surface area contributed by atoms with Crippen molar-refractivity contribution in [1.82, 2.24) is 10.2 Å². The Morgan fingerprint density at radius 3 is 2.66 bits per heavy atom. The molecule has 29 heavy (non-hydrogen) atoms. The van der Waals surface area contributed by atoms with Gasteiger partial charge < -0.3 is 29.9 Å². The van der Waals surface area contributed by atoms with Crippen molar-refractivity contribution in [2.24, 2.45) is 0 Å². The molecule has 0 aromatic heterocycles. The van der Waals surface area contributed by atoms with Crippen molar-refractivity contribution in [3.05, 3.63) is 23.8 Å². The van der Waals surface area contributed by atoms with E-state index in [4.69, 9.17) is 9.47 Å². The number of nitrogens with zero attached hydrogens (tertiary/aromatic N) is 2. The van der Waals surface area contributed by atoms with Crippen molar-refractivity contribution < 1.29 is 19.1 Å². The number of anilines is 2. The van der Waals surface area contributed by atoms with Crippen LogP contribution in [0.3, 0.4) is 0 Å².